The fourth-order valence-electron chi connectivity index (χ4n) is 5.48. The summed E-state index contributed by atoms with van der Waals surface area (Å²) in [6, 6.07) is 30.8. The Labute approximate surface area is 323 Å². The van der Waals surface area contributed by atoms with Gasteiger partial charge in [-0.2, -0.15) is 0 Å². The van der Waals surface area contributed by atoms with Gasteiger partial charge < -0.3 is 39.9 Å². The number of Topliss-reactive ketones (excluding diaryl/α,β-unsaturated/α-hetero) is 1. The molecule has 4 N–H and O–H groups in total. The molecule has 0 saturated heterocycles. The number of esters is 1. The summed E-state index contributed by atoms with van der Waals surface area (Å²) in [6.07, 6.45) is 2.00. The van der Waals surface area contributed by atoms with Gasteiger partial charge in [-0.15, -0.1) is 0 Å². The van der Waals surface area contributed by atoms with E-state index in [1.165, 1.54) is 12.5 Å². The fraction of sp³-hybridized carbons (Fsp3) is 0.238. The molecular weight excluding hydrogens is 718 g/mol. The molecule has 5 aromatic rings. The largest absolute Gasteiger partial charge is 0.489 e. The van der Waals surface area contributed by atoms with Crippen molar-refractivity contribution in [3.8, 4) is 5.75 Å². The number of ketones is 1. The molecule has 0 saturated carbocycles. The van der Waals surface area contributed by atoms with Crippen LogP contribution in [-0.4, -0.2) is 71.5 Å². The second-order valence-corrected chi connectivity index (χ2v) is 12.6. The number of carbonyl (C=O) groups excluding carboxylic acids is 5. The average molecular weight is 762 g/mol. The number of nitrogens with zero attached hydrogens (tertiary/aromatic N) is 1. The van der Waals surface area contributed by atoms with Gasteiger partial charge in [0.15, 0.2) is 0 Å². The Bertz CT molecular complexity index is 2000. The Hall–Kier alpha value is -6.80. The highest BCUT2D eigenvalue weighted by Gasteiger charge is 2.33. The first-order valence-corrected chi connectivity index (χ1v) is 17.8. The Kier molecular flexibility index (Phi) is 15.3. The van der Waals surface area contributed by atoms with Crippen LogP contribution in [-0.2, 0) is 66.1 Å². The number of imidazole rings is 1. The predicted octanol–water partition coefficient (Wildman–Crippen LogP) is 4.00. The van der Waals surface area contributed by atoms with Gasteiger partial charge in [0.2, 0.25) is 11.8 Å². The zero-order valence-corrected chi connectivity index (χ0v) is 30.7. The van der Waals surface area contributed by atoms with E-state index in [-0.39, 0.29) is 32.7 Å². The molecule has 0 fully saturated rings. The quantitative estimate of drug-likeness (QED) is 0.0668. The lowest BCUT2D eigenvalue weighted by molar-refractivity contribution is -0.153. The highest BCUT2D eigenvalue weighted by molar-refractivity contribution is 6.36. The van der Waals surface area contributed by atoms with Gasteiger partial charge in [-0.05, 0) is 34.4 Å². The number of hydrogen-bond acceptors (Lipinski definition) is 10. The van der Waals surface area contributed by atoms with Crippen molar-refractivity contribution in [2.75, 3.05) is 13.7 Å². The van der Waals surface area contributed by atoms with E-state index in [0.29, 0.717) is 23.6 Å². The molecule has 0 bridgehead atoms. The summed E-state index contributed by atoms with van der Waals surface area (Å²) < 4.78 is 21.7. The molecule has 1 heterocycles. The first-order chi connectivity index (χ1) is 27.3. The minimum Gasteiger partial charge on any atom is -0.489 e. The van der Waals surface area contributed by atoms with Gasteiger partial charge in [-0.3, -0.25) is 14.4 Å². The van der Waals surface area contributed by atoms with Crippen molar-refractivity contribution >= 4 is 29.7 Å². The number of rotatable bonds is 20. The van der Waals surface area contributed by atoms with Crippen LogP contribution in [0.5, 0.6) is 5.75 Å². The number of aromatic nitrogens is 2. The van der Waals surface area contributed by atoms with Gasteiger partial charge in [0.25, 0.3) is 5.78 Å². The fourth-order valence-corrected chi connectivity index (χ4v) is 5.48. The van der Waals surface area contributed by atoms with Crippen LogP contribution >= 0.6 is 0 Å². The molecule has 0 aliphatic heterocycles. The Morgan fingerprint density at radius 3 is 1.75 bits per heavy atom. The van der Waals surface area contributed by atoms with Crippen LogP contribution in [0, 0.1) is 0 Å². The summed E-state index contributed by atoms with van der Waals surface area (Å²) in [7, 11) is 1.05. The number of alkyl carbamates (subject to hydrolysis) is 1. The van der Waals surface area contributed by atoms with Crippen molar-refractivity contribution in [2.45, 2.75) is 50.8 Å². The summed E-state index contributed by atoms with van der Waals surface area (Å²) in [6.45, 7) is 0.0482. The second kappa shape index (κ2) is 21.2. The summed E-state index contributed by atoms with van der Waals surface area (Å²) in [5, 5.41) is 7.90. The van der Waals surface area contributed by atoms with Crippen molar-refractivity contribution in [1.82, 2.24) is 25.9 Å². The smallest absolute Gasteiger partial charge is 0.408 e. The van der Waals surface area contributed by atoms with Crippen LogP contribution in [0.3, 0.4) is 0 Å². The molecule has 3 amide bonds. The third kappa shape index (κ3) is 13.0. The third-order valence-electron chi connectivity index (χ3n) is 8.46. The van der Waals surface area contributed by atoms with Crippen LogP contribution in [0.25, 0.3) is 0 Å². The average Bonchev–Trinajstić information content (AvgIpc) is 3.75. The summed E-state index contributed by atoms with van der Waals surface area (Å²) >= 11 is 0. The molecule has 5 rings (SSSR count). The number of carbonyl (C=O) groups is 5. The number of aromatic amines is 1. The van der Waals surface area contributed by atoms with Gasteiger partial charge in [-0.1, -0.05) is 103 Å². The monoisotopic (exact) mass is 761 g/mol. The number of methoxy groups -OCH3 is 1. The molecule has 0 spiro atoms. The number of hydrogen-bond donors (Lipinski definition) is 4. The van der Waals surface area contributed by atoms with E-state index < -0.39 is 47.8 Å². The van der Waals surface area contributed by atoms with Crippen molar-refractivity contribution in [3.63, 3.8) is 0 Å². The maximum absolute atomic E-state index is 14.1. The molecule has 0 unspecified atom stereocenters. The van der Waals surface area contributed by atoms with E-state index in [1.807, 2.05) is 66.7 Å². The topological polar surface area (TPSA) is 187 Å². The maximum Gasteiger partial charge on any atom is 0.408 e. The highest BCUT2D eigenvalue weighted by atomic mass is 16.5. The van der Waals surface area contributed by atoms with E-state index in [1.54, 1.807) is 48.5 Å². The molecule has 290 valence electrons. The van der Waals surface area contributed by atoms with E-state index in [4.69, 9.17) is 14.2 Å². The number of amides is 3. The third-order valence-corrected chi connectivity index (χ3v) is 8.46. The maximum atomic E-state index is 14.1. The van der Waals surface area contributed by atoms with E-state index in [9.17, 15) is 24.0 Å². The Morgan fingerprint density at radius 1 is 0.625 bits per heavy atom. The van der Waals surface area contributed by atoms with Crippen molar-refractivity contribution in [1.29, 1.82) is 0 Å². The molecule has 0 radical (unpaired) electrons. The minimum atomic E-state index is -1.45. The number of benzene rings is 4. The van der Waals surface area contributed by atoms with Crippen LogP contribution in [0.1, 0.15) is 27.9 Å². The molecule has 4 aromatic carbocycles. The molecule has 1 aromatic heterocycles. The molecular formula is C42H43N5O9. The van der Waals surface area contributed by atoms with E-state index in [0.717, 1.165) is 23.8 Å². The lowest BCUT2D eigenvalue weighted by Crippen LogP contribution is -2.58. The van der Waals surface area contributed by atoms with Crippen LogP contribution in [0.15, 0.2) is 128 Å². The second-order valence-electron chi connectivity index (χ2n) is 12.6. The molecule has 56 heavy (non-hydrogen) atoms. The van der Waals surface area contributed by atoms with Gasteiger partial charge >= 0.3 is 12.1 Å². The number of H-pyrrole nitrogens is 1. The highest BCUT2D eigenvalue weighted by Crippen LogP contribution is 2.16. The van der Waals surface area contributed by atoms with Gasteiger partial charge in [-0.25, -0.2) is 14.6 Å². The Balaban J connectivity index is 1.34. The first-order valence-electron chi connectivity index (χ1n) is 17.8. The van der Waals surface area contributed by atoms with Gasteiger partial charge in [0, 0.05) is 24.7 Å². The zero-order chi connectivity index (χ0) is 39.5. The van der Waals surface area contributed by atoms with Crippen LogP contribution < -0.4 is 20.7 Å². The molecule has 0 aliphatic rings. The normalized spacial score (nSPS) is 12.3. The van der Waals surface area contributed by atoms with Gasteiger partial charge in [0.1, 0.15) is 37.1 Å². The Morgan fingerprint density at radius 2 is 1.18 bits per heavy atom. The molecule has 0 aliphatic carbocycles. The van der Waals surface area contributed by atoms with Crippen molar-refractivity contribution < 1.29 is 42.9 Å². The lowest BCUT2D eigenvalue weighted by atomic mass is 10.0. The van der Waals surface area contributed by atoms with Gasteiger partial charge in [0.05, 0.1) is 26.7 Å². The SMILES string of the molecule is COC(=O)C(=O)[C@H](COCc1ccccc1)NC(=O)[C@H](Cc1ccc(OCc2ccccc2)cc1)NC(=O)[C@H](Cc1cnc[nH]1)NC(=O)OCc1ccccc1. The van der Waals surface area contributed by atoms with E-state index in [2.05, 4.69) is 30.7 Å². The summed E-state index contributed by atoms with van der Waals surface area (Å²) in [5.74, 6) is -3.16. The number of ether oxygens (including phenoxy) is 4. The molecule has 14 heteroatoms. The summed E-state index contributed by atoms with van der Waals surface area (Å²) in [4.78, 5) is 73.3. The molecule has 14 nitrogen and oxygen atoms in total. The molecule has 3 atom stereocenters. The van der Waals surface area contributed by atoms with E-state index >= 15 is 0 Å². The standard InChI is InChI=1S/C42H43N5O9/c1-53-41(51)38(48)37(27-54-24-30-11-5-2-6-12-30)46-39(49)35(21-29-17-19-34(20-18-29)55-25-31-13-7-3-8-14-31)45-40(50)36(22-33-23-43-28-44-33)47-42(52)56-26-32-15-9-4-10-16-32/h2-20,23,28,35-37H,21-22,24-27H2,1H3,(H,43,44)(H,45,50)(H,46,49)(H,47,52)/t35-,36-,37-/m0/s1. The van der Waals surface area contributed by atoms with Crippen LogP contribution in [0.4, 0.5) is 4.79 Å². The van der Waals surface area contributed by atoms with Crippen molar-refractivity contribution in [3.05, 3.63) is 156 Å². The minimum absolute atomic E-state index is 0.0230. The zero-order valence-electron chi connectivity index (χ0n) is 30.7. The summed E-state index contributed by atoms with van der Waals surface area (Å²) in [5.41, 5.74) is 3.70. The predicted molar refractivity (Wildman–Crippen MR) is 204 cm³/mol. The number of nitrogens with one attached hydrogen (secondary N) is 4. The van der Waals surface area contributed by atoms with Crippen LogP contribution in [0.2, 0.25) is 0 Å². The van der Waals surface area contributed by atoms with Crippen molar-refractivity contribution in [2.24, 2.45) is 0 Å². The first kappa shape index (κ1) is 40.4. The lowest BCUT2D eigenvalue weighted by Gasteiger charge is -2.25.